The lowest BCUT2D eigenvalue weighted by atomic mass is 9.86. The van der Waals surface area contributed by atoms with Crippen molar-refractivity contribution in [3.63, 3.8) is 0 Å². The molecule has 0 spiro atoms. The average molecular weight is 421 g/mol. The van der Waals surface area contributed by atoms with Crippen LogP contribution in [0.25, 0.3) is 0 Å². The molecule has 0 saturated heterocycles. The minimum Gasteiger partial charge on any atom is -0.357 e. The summed E-state index contributed by atoms with van der Waals surface area (Å²) in [5.74, 6) is 0.798. The number of rotatable bonds is 5. The van der Waals surface area contributed by atoms with Gasteiger partial charge in [0.05, 0.1) is 0 Å². The minimum atomic E-state index is 0.0308. The molecule has 4 heteroatoms. The minimum absolute atomic E-state index is 0.0308. The van der Waals surface area contributed by atoms with Crippen LogP contribution >= 0.6 is 12.2 Å². The zero-order valence-corrected chi connectivity index (χ0v) is 19.1. The van der Waals surface area contributed by atoms with E-state index in [0.29, 0.717) is 16.2 Å². The van der Waals surface area contributed by atoms with Gasteiger partial charge in [0.1, 0.15) is 0 Å². The number of carbonyl (C=O) groups excluding carboxylic acids is 1. The van der Waals surface area contributed by atoms with Crippen molar-refractivity contribution < 1.29 is 4.79 Å². The number of hydrogen-bond donors (Lipinski definition) is 2. The summed E-state index contributed by atoms with van der Waals surface area (Å²) in [5.41, 5.74) is 3.72. The Labute approximate surface area is 185 Å². The summed E-state index contributed by atoms with van der Waals surface area (Å²) in [4.78, 5) is 13.0. The molecule has 2 aliphatic carbocycles. The number of ketones is 1. The molecule has 2 saturated carbocycles. The third-order valence-electron chi connectivity index (χ3n) is 6.61. The Morgan fingerprint density at radius 2 is 1.67 bits per heavy atom. The number of anilines is 1. The maximum atomic E-state index is 13.0. The van der Waals surface area contributed by atoms with Crippen LogP contribution in [0.3, 0.4) is 0 Å². The predicted octanol–water partition coefficient (Wildman–Crippen LogP) is 6.22. The van der Waals surface area contributed by atoms with Crippen molar-refractivity contribution in [1.82, 2.24) is 5.32 Å². The SMILES string of the molecule is CC(C)(C)c1ccc(C(=O)c2cccc(NC(=S)NC3(C4CC4)CCCC3)c2)cc1. The van der Waals surface area contributed by atoms with E-state index in [4.69, 9.17) is 12.2 Å². The summed E-state index contributed by atoms with van der Waals surface area (Å²) < 4.78 is 0. The van der Waals surface area contributed by atoms with Gasteiger partial charge in [0, 0.05) is 22.4 Å². The first-order chi connectivity index (χ1) is 14.3. The van der Waals surface area contributed by atoms with E-state index in [0.717, 1.165) is 11.6 Å². The Morgan fingerprint density at radius 1 is 1.00 bits per heavy atom. The van der Waals surface area contributed by atoms with Crippen molar-refractivity contribution in [3.05, 3.63) is 65.2 Å². The number of nitrogens with one attached hydrogen (secondary N) is 2. The van der Waals surface area contributed by atoms with Crippen molar-refractivity contribution in [3.8, 4) is 0 Å². The largest absolute Gasteiger partial charge is 0.357 e. The van der Waals surface area contributed by atoms with Crippen LogP contribution in [0, 0.1) is 5.92 Å². The second kappa shape index (κ2) is 8.14. The molecule has 2 aromatic carbocycles. The second-order valence-corrected chi connectivity index (χ2v) is 10.4. The number of carbonyl (C=O) groups is 1. The topological polar surface area (TPSA) is 41.1 Å². The van der Waals surface area contributed by atoms with Crippen LogP contribution in [-0.2, 0) is 5.41 Å². The van der Waals surface area contributed by atoms with E-state index >= 15 is 0 Å². The van der Waals surface area contributed by atoms with Crippen LogP contribution in [0.15, 0.2) is 48.5 Å². The van der Waals surface area contributed by atoms with Crippen LogP contribution in [0.4, 0.5) is 5.69 Å². The zero-order chi connectivity index (χ0) is 21.4. The molecule has 0 bridgehead atoms. The number of benzene rings is 2. The Kier molecular flexibility index (Phi) is 5.71. The molecule has 0 aliphatic heterocycles. The number of thiocarbonyl (C=S) groups is 1. The molecular weight excluding hydrogens is 388 g/mol. The van der Waals surface area contributed by atoms with Gasteiger partial charge in [-0.05, 0) is 66.9 Å². The van der Waals surface area contributed by atoms with Gasteiger partial charge >= 0.3 is 0 Å². The summed E-state index contributed by atoms with van der Waals surface area (Å²) in [5, 5.41) is 7.63. The van der Waals surface area contributed by atoms with Gasteiger partial charge in [-0.25, -0.2) is 0 Å². The summed E-state index contributed by atoms with van der Waals surface area (Å²) in [6, 6.07) is 15.6. The molecule has 0 atom stereocenters. The molecule has 2 aromatic rings. The van der Waals surface area contributed by atoms with Crippen LogP contribution in [0.2, 0.25) is 0 Å². The molecule has 2 aliphatic rings. The molecule has 158 valence electrons. The molecule has 30 heavy (non-hydrogen) atoms. The van der Waals surface area contributed by atoms with Crippen molar-refractivity contribution in [2.45, 2.75) is 70.3 Å². The molecule has 2 N–H and O–H groups in total. The first-order valence-electron chi connectivity index (χ1n) is 11.1. The smallest absolute Gasteiger partial charge is 0.193 e. The highest BCUT2D eigenvalue weighted by Gasteiger charge is 2.47. The standard InChI is InChI=1S/C26H32N2OS/c1-25(2,3)20-11-9-18(10-12-20)23(29)19-7-6-8-22(17-19)27-24(30)28-26(21-13-14-21)15-4-5-16-26/h6-12,17,21H,4-5,13-16H2,1-3H3,(H2,27,28,30). The Bertz CT molecular complexity index is 932. The highest BCUT2D eigenvalue weighted by molar-refractivity contribution is 7.80. The summed E-state index contributed by atoms with van der Waals surface area (Å²) in [6.07, 6.45) is 7.61. The third-order valence-corrected chi connectivity index (χ3v) is 6.82. The van der Waals surface area contributed by atoms with Gasteiger partial charge in [0.15, 0.2) is 10.9 Å². The van der Waals surface area contributed by atoms with E-state index in [1.165, 1.54) is 44.1 Å². The second-order valence-electron chi connectivity index (χ2n) is 9.95. The molecular formula is C26H32N2OS. The lowest BCUT2D eigenvalue weighted by Crippen LogP contribution is -2.49. The first-order valence-corrected chi connectivity index (χ1v) is 11.5. The first kappa shape index (κ1) is 21.0. The van der Waals surface area contributed by atoms with Crippen LogP contribution in [0.5, 0.6) is 0 Å². The maximum Gasteiger partial charge on any atom is 0.193 e. The fraction of sp³-hybridized carbons (Fsp3) is 0.462. The molecule has 2 fully saturated rings. The fourth-order valence-electron chi connectivity index (χ4n) is 4.69. The average Bonchev–Trinajstić information content (AvgIpc) is 3.47. The summed E-state index contributed by atoms with van der Waals surface area (Å²) >= 11 is 5.64. The van der Waals surface area contributed by atoms with Gasteiger partial charge in [0.25, 0.3) is 0 Å². The predicted molar refractivity (Wildman–Crippen MR) is 128 cm³/mol. The lowest BCUT2D eigenvalue weighted by Gasteiger charge is -2.32. The molecule has 3 nitrogen and oxygen atoms in total. The molecule has 0 aromatic heterocycles. The van der Waals surface area contributed by atoms with Crippen molar-refractivity contribution in [2.24, 2.45) is 5.92 Å². The summed E-state index contributed by atoms with van der Waals surface area (Å²) in [7, 11) is 0. The quantitative estimate of drug-likeness (QED) is 0.445. The van der Waals surface area contributed by atoms with Gasteiger partial charge in [-0.1, -0.05) is 70.0 Å². The Morgan fingerprint density at radius 3 is 2.27 bits per heavy atom. The van der Waals surface area contributed by atoms with E-state index in [9.17, 15) is 4.79 Å². The van der Waals surface area contributed by atoms with Gasteiger partial charge < -0.3 is 10.6 Å². The fourth-order valence-corrected chi connectivity index (χ4v) is 5.01. The van der Waals surface area contributed by atoms with E-state index in [2.05, 4.69) is 31.4 Å². The lowest BCUT2D eigenvalue weighted by molar-refractivity contribution is 0.103. The van der Waals surface area contributed by atoms with Crippen LogP contribution in [0.1, 0.15) is 80.8 Å². The highest BCUT2D eigenvalue weighted by Crippen LogP contribution is 2.48. The van der Waals surface area contributed by atoms with E-state index in [1.54, 1.807) is 0 Å². The van der Waals surface area contributed by atoms with E-state index in [1.807, 2.05) is 48.5 Å². The van der Waals surface area contributed by atoms with E-state index in [-0.39, 0.29) is 16.7 Å². The normalized spacial score (nSPS) is 18.1. The van der Waals surface area contributed by atoms with Crippen molar-refractivity contribution >= 4 is 28.8 Å². The van der Waals surface area contributed by atoms with Crippen LogP contribution in [-0.4, -0.2) is 16.4 Å². The molecule has 0 unspecified atom stereocenters. The van der Waals surface area contributed by atoms with Crippen molar-refractivity contribution in [2.75, 3.05) is 5.32 Å². The zero-order valence-electron chi connectivity index (χ0n) is 18.3. The molecule has 0 heterocycles. The maximum absolute atomic E-state index is 13.0. The van der Waals surface area contributed by atoms with Gasteiger partial charge in [-0.2, -0.15) is 0 Å². The van der Waals surface area contributed by atoms with Gasteiger partial charge in [0.2, 0.25) is 0 Å². The monoisotopic (exact) mass is 420 g/mol. The third kappa shape index (κ3) is 4.59. The number of hydrogen-bond acceptors (Lipinski definition) is 2. The molecule has 4 rings (SSSR count). The van der Waals surface area contributed by atoms with Gasteiger partial charge in [-0.15, -0.1) is 0 Å². The molecule has 0 amide bonds. The summed E-state index contributed by atoms with van der Waals surface area (Å²) in [6.45, 7) is 6.53. The highest BCUT2D eigenvalue weighted by atomic mass is 32.1. The van der Waals surface area contributed by atoms with E-state index < -0.39 is 0 Å². The van der Waals surface area contributed by atoms with Crippen molar-refractivity contribution in [1.29, 1.82) is 0 Å². The Hall–Kier alpha value is -2.20. The molecule has 0 radical (unpaired) electrons. The van der Waals surface area contributed by atoms with Crippen LogP contribution < -0.4 is 10.6 Å². The Balaban J connectivity index is 1.44. The van der Waals surface area contributed by atoms with Gasteiger partial charge in [-0.3, -0.25) is 4.79 Å².